The third-order valence-corrected chi connectivity index (χ3v) is 2.06. The number of hydrogen-bond donors (Lipinski definition) is 0. The standard InChI is InChI=1S/C9H6ClF2N/c1-5(4-13)6-2-7(11)9(10)8(12)3-6/h2-3,5H,1H3. The maximum absolute atomic E-state index is 12.9. The molecule has 0 amide bonds. The van der Waals surface area contributed by atoms with Gasteiger partial charge in [0.25, 0.3) is 0 Å². The van der Waals surface area contributed by atoms with Crippen LogP contribution < -0.4 is 0 Å². The molecular weight excluding hydrogens is 196 g/mol. The Labute approximate surface area is 79.6 Å². The molecule has 0 aliphatic carbocycles. The molecule has 1 aromatic carbocycles. The Morgan fingerprint density at radius 2 is 1.85 bits per heavy atom. The highest BCUT2D eigenvalue weighted by Gasteiger charge is 2.12. The summed E-state index contributed by atoms with van der Waals surface area (Å²) >= 11 is 5.26. The lowest BCUT2D eigenvalue weighted by molar-refractivity contribution is 0.579. The zero-order valence-electron chi connectivity index (χ0n) is 6.81. The number of nitrogens with zero attached hydrogens (tertiary/aromatic N) is 1. The maximum atomic E-state index is 12.9. The highest BCUT2D eigenvalue weighted by atomic mass is 35.5. The topological polar surface area (TPSA) is 23.8 Å². The summed E-state index contributed by atoms with van der Waals surface area (Å²) in [6.45, 7) is 1.56. The van der Waals surface area contributed by atoms with Gasteiger partial charge in [-0.1, -0.05) is 11.6 Å². The first-order valence-corrected chi connectivity index (χ1v) is 3.98. The molecule has 0 spiro atoms. The van der Waals surface area contributed by atoms with Gasteiger partial charge in [-0.15, -0.1) is 0 Å². The van der Waals surface area contributed by atoms with Crippen molar-refractivity contribution in [3.05, 3.63) is 34.4 Å². The molecular formula is C9H6ClF2N. The van der Waals surface area contributed by atoms with E-state index in [0.29, 0.717) is 5.56 Å². The average molecular weight is 202 g/mol. The van der Waals surface area contributed by atoms with E-state index in [1.165, 1.54) is 0 Å². The molecule has 68 valence electrons. The fraction of sp³-hybridized carbons (Fsp3) is 0.222. The molecule has 1 atom stereocenters. The minimum Gasteiger partial charge on any atom is -0.205 e. The summed E-state index contributed by atoms with van der Waals surface area (Å²) in [6.07, 6.45) is 0. The van der Waals surface area contributed by atoms with Gasteiger partial charge < -0.3 is 0 Å². The summed E-state index contributed by atoms with van der Waals surface area (Å²) in [6, 6.07) is 4.02. The van der Waals surface area contributed by atoms with Crippen LogP contribution in [0.25, 0.3) is 0 Å². The van der Waals surface area contributed by atoms with Crippen molar-refractivity contribution in [1.29, 1.82) is 5.26 Å². The number of nitriles is 1. The first-order valence-electron chi connectivity index (χ1n) is 3.60. The normalized spacial score (nSPS) is 12.2. The highest BCUT2D eigenvalue weighted by Crippen LogP contribution is 2.24. The molecule has 4 heteroatoms. The molecule has 0 aliphatic heterocycles. The predicted octanol–water partition coefficient (Wildman–Crippen LogP) is 3.25. The van der Waals surface area contributed by atoms with Crippen LogP contribution in [0.5, 0.6) is 0 Å². The van der Waals surface area contributed by atoms with Crippen molar-refractivity contribution >= 4 is 11.6 Å². The van der Waals surface area contributed by atoms with Crippen LogP contribution in [0.4, 0.5) is 8.78 Å². The molecule has 1 aromatic rings. The summed E-state index contributed by atoms with van der Waals surface area (Å²) < 4.78 is 25.7. The molecule has 13 heavy (non-hydrogen) atoms. The van der Waals surface area contributed by atoms with Gasteiger partial charge in [0, 0.05) is 0 Å². The third kappa shape index (κ3) is 1.96. The molecule has 0 saturated heterocycles. The number of rotatable bonds is 1. The Morgan fingerprint density at radius 1 is 1.38 bits per heavy atom. The molecule has 0 fully saturated rings. The van der Waals surface area contributed by atoms with Gasteiger partial charge in [0.2, 0.25) is 0 Å². The van der Waals surface area contributed by atoms with Crippen molar-refractivity contribution in [3.8, 4) is 6.07 Å². The van der Waals surface area contributed by atoms with Gasteiger partial charge in [0.05, 0.1) is 12.0 Å². The summed E-state index contributed by atoms with van der Waals surface area (Å²) in [4.78, 5) is 0. The van der Waals surface area contributed by atoms with Crippen molar-refractivity contribution in [3.63, 3.8) is 0 Å². The van der Waals surface area contributed by atoms with Gasteiger partial charge in [-0.05, 0) is 24.6 Å². The second-order valence-electron chi connectivity index (χ2n) is 2.65. The van der Waals surface area contributed by atoms with Gasteiger partial charge in [-0.2, -0.15) is 5.26 Å². The highest BCUT2D eigenvalue weighted by molar-refractivity contribution is 6.30. The van der Waals surface area contributed by atoms with Crippen LogP contribution in [-0.2, 0) is 0 Å². The Balaban J connectivity index is 3.22. The van der Waals surface area contributed by atoms with Crippen LogP contribution in [0.1, 0.15) is 18.4 Å². The molecule has 0 radical (unpaired) electrons. The van der Waals surface area contributed by atoms with E-state index in [2.05, 4.69) is 0 Å². The van der Waals surface area contributed by atoms with Crippen molar-refractivity contribution in [2.75, 3.05) is 0 Å². The van der Waals surface area contributed by atoms with Crippen LogP contribution in [0, 0.1) is 23.0 Å². The Hall–Kier alpha value is -1.14. The zero-order valence-corrected chi connectivity index (χ0v) is 7.57. The molecule has 0 N–H and O–H groups in total. The Bertz CT molecular complexity index is 347. The van der Waals surface area contributed by atoms with Gasteiger partial charge in [0.15, 0.2) is 0 Å². The van der Waals surface area contributed by atoms with Gasteiger partial charge in [-0.3, -0.25) is 0 Å². The first kappa shape index (κ1) is 9.94. The minimum atomic E-state index is -0.834. The Kier molecular flexibility index (Phi) is 2.84. The van der Waals surface area contributed by atoms with Crippen molar-refractivity contribution in [2.24, 2.45) is 0 Å². The van der Waals surface area contributed by atoms with E-state index in [0.717, 1.165) is 12.1 Å². The van der Waals surface area contributed by atoms with Crippen LogP contribution in [0.2, 0.25) is 5.02 Å². The van der Waals surface area contributed by atoms with Gasteiger partial charge in [-0.25, -0.2) is 8.78 Å². The number of benzene rings is 1. The summed E-state index contributed by atoms with van der Waals surface area (Å²) in [5.74, 6) is -2.21. The second kappa shape index (κ2) is 3.71. The van der Waals surface area contributed by atoms with Crippen molar-refractivity contribution < 1.29 is 8.78 Å². The average Bonchev–Trinajstić information content (AvgIpc) is 2.12. The lowest BCUT2D eigenvalue weighted by Crippen LogP contribution is -1.94. The van der Waals surface area contributed by atoms with Crippen LogP contribution >= 0.6 is 11.6 Å². The van der Waals surface area contributed by atoms with Crippen molar-refractivity contribution in [2.45, 2.75) is 12.8 Å². The van der Waals surface area contributed by atoms with Crippen LogP contribution in [-0.4, -0.2) is 0 Å². The molecule has 0 heterocycles. The number of halogens is 3. The quantitative estimate of drug-likeness (QED) is 0.640. The molecule has 1 rings (SSSR count). The summed E-state index contributed by atoms with van der Waals surface area (Å²) in [5, 5.41) is 7.98. The van der Waals surface area contributed by atoms with Crippen LogP contribution in [0.3, 0.4) is 0 Å². The molecule has 0 bridgehead atoms. The van der Waals surface area contributed by atoms with Gasteiger partial charge in [0.1, 0.15) is 16.7 Å². The van der Waals surface area contributed by atoms with E-state index in [4.69, 9.17) is 16.9 Å². The van der Waals surface area contributed by atoms with Crippen molar-refractivity contribution in [1.82, 2.24) is 0 Å². The smallest absolute Gasteiger partial charge is 0.145 e. The van der Waals surface area contributed by atoms with Crippen LogP contribution in [0.15, 0.2) is 12.1 Å². The summed E-state index contributed by atoms with van der Waals surface area (Å²) in [5.41, 5.74) is 0.293. The van der Waals surface area contributed by atoms with E-state index in [1.54, 1.807) is 6.92 Å². The second-order valence-corrected chi connectivity index (χ2v) is 3.03. The van der Waals surface area contributed by atoms with E-state index in [9.17, 15) is 8.78 Å². The lowest BCUT2D eigenvalue weighted by atomic mass is 10.0. The largest absolute Gasteiger partial charge is 0.205 e. The molecule has 1 nitrogen and oxygen atoms in total. The SMILES string of the molecule is CC(C#N)c1cc(F)c(Cl)c(F)c1. The third-order valence-electron chi connectivity index (χ3n) is 1.70. The molecule has 1 unspecified atom stereocenters. The lowest BCUT2D eigenvalue weighted by Gasteiger charge is -2.04. The van der Waals surface area contributed by atoms with E-state index < -0.39 is 22.6 Å². The first-order chi connectivity index (χ1) is 6.06. The van der Waals surface area contributed by atoms with Gasteiger partial charge >= 0.3 is 0 Å². The zero-order chi connectivity index (χ0) is 10.0. The summed E-state index contributed by atoms with van der Waals surface area (Å²) in [7, 11) is 0. The predicted molar refractivity (Wildman–Crippen MR) is 45.4 cm³/mol. The number of hydrogen-bond acceptors (Lipinski definition) is 1. The Morgan fingerprint density at radius 3 is 2.23 bits per heavy atom. The molecule has 0 aliphatic rings. The minimum absolute atomic E-state index is 0.293. The fourth-order valence-electron chi connectivity index (χ4n) is 0.900. The molecule has 0 saturated carbocycles. The monoisotopic (exact) mass is 201 g/mol. The van der Waals surface area contributed by atoms with E-state index in [1.807, 2.05) is 6.07 Å². The van der Waals surface area contributed by atoms with E-state index in [-0.39, 0.29) is 0 Å². The molecule has 0 aromatic heterocycles. The maximum Gasteiger partial charge on any atom is 0.145 e. The van der Waals surface area contributed by atoms with E-state index >= 15 is 0 Å². The fourth-order valence-corrected chi connectivity index (χ4v) is 1.01.